The van der Waals surface area contributed by atoms with Gasteiger partial charge in [0.2, 0.25) is 17.7 Å². The van der Waals surface area contributed by atoms with Gasteiger partial charge in [0, 0.05) is 18.7 Å². The fourth-order valence-electron chi connectivity index (χ4n) is 4.03. The Morgan fingerprint density at radius 1 is 1.13 bits per heavy atom. The largest absolute Gasteiger partial charge is 0.424 e. The van der Waals surface area contributed by atoms with Gasteiger partial charge in [-0.25, -0.2) is 22.2 Å². The number of rotatable bonds is 7. The van der Waals surface area contributed by atoms with Crippen LogP contribution in [-0.4, -0.2) is 65.6 Å². The maximum absolute atomic E-state index is 13.1. The van der Waals surface area contributed by atoms with Crippen LogP contribution in [0.1, 0.15) is 32.4 Å². The van der Waals surface area contributed by atoms with Crippen molar-refractivity contribution in [2.24, 2.45) is 0 Å². The first-order valence-electron chi connectivity index (χ1n) is 11.3. The highest BCUT2D eigenvalue weighted by Crippen LogP contribution is 2.34. The zero-order valence-corrected chi connectivity index (χ0v) is 21.8. The topological polar surface area (TPSA) is 135 Å². The quantitative estimate of drug-likeness (QED) is 0.364. The molecule has 2 aromatic carbocycles. The number of halogens is 2. The molecule has 0 spiro atoms. The van der Waals surface area contributed by atoms with E-state index in [-0.39, 0.29) is 17.4 Å². The minimum Gasteiger partial charge on any atom is -0.424 e. The van der Waals surface area contributed by atoms with Crippen molar-refractivity contribution in [2.45, 2.75) is 24.6 Å². The van der Waals surface area contributed by atoms with Gasteiger partial charge >= 0.3 is 0 Å². The highest BCUT2D eigenvalue weighted by Gasteiger charge is 2.46. The molecule has 5 rings (SSSR count). The summed E-state index contributed by atoms with van der Waals surface area (Å²) >= 11 is 1.08. The number of likely N-dealkylation sites (tertiary alicyclic amines) is 1. The number of hydrogen-bond acceptors (Lipinski definition) is 9. The molecular formula is C24H21F2N5O5S2. The van der Waals surface area contributed by atoms with Gasteiger partial charge in [-0.2, -0.15) is 0 Å². The zero-order valence-electron chi connectivity index (χ0n) is 20.1. The van der Waals surface area contributed by atoms with Crippen LogP contribution in [0.2, 0.25) is 0 Å². The number of thiazole rings is 1. The van der Waals surface area contributed by atoms with Crippen LogP contribution in [0.15, 0.2) is 46.9 Å². The first-order chi connectivity index (χ1) is 17.9. The highest BCUT2D eigenvalue weighted by molar-refractivity contribution is 7.91. The summed E-state index contributed by atoms with van der Waals surface area (Å²) in [6, 6.07) is 11.9. The van der Waals surface area contributed by atoms with Gasteiger partial charge in [0.25, 0.3) is 11.8 Å². The Labute approximate surface area is 219 Å². The average molecular weight is 562 g/mol. The molecule has 1 aliphatic rings. The third-order valence-electron chi connectivity index (χ3n) is 5.87. The molecule has 14 heteroatoms. The Hall–Kier alpha value is -3.78. The number of carbonyl (C=O) groups excluding carboxylic acids is 2. The lowest BCUT2D eigenvalue weighted by molar-refractivity contribution is -0.121. The zero-order chi connectivity index (χ0) is 27.2. The summed E-state index contributed by atoms with van der Waals surface area (Å²) < 4.78 is 57.1. The molecule has 2 aromatic heterocycles. The summed E-state index contributed by atoms with van der Waals surface area (Å²) in [5, 5.41) is 8.55. The summed E-state index contributed by atoms with van der Waals surface area (Å²) in [5.41, 5.74) is 2.37. The number of sulfone groups is 1. The minimum absolute atomic E-state index is 0.117. The number of alkyl halides is 2. The van der Waals surface area contributed by atoms with Crippen LogP contribution in [0.3, 0.4) is 0 Å². The number of benzene rings is 2. The number of fused-ring (bicyclic) bond motifs is 1. The van der Waals surface area contributed by atoms with E-state index >= 15 is 0 Å². The van der Waals surface area contributed by atoms with Crippen LogP contribution in [0.25, 0.3) is 21.3 Å². The summed E-state index contributed by atoms with van der Waals surface area (Å²) in [6.07, 6.45) is 0.968. The van der Waals surface area contributed by atoms with Gasteiger partial charge in [0.1, 0.15) is 5.01 Å². The van der Waals surface area contributed by atoms with Crippen LogP contribution in [0.4, 0.5) is 8.78 Å². The predicted octanol–water partition coefficient (Wildman–Crippen LogP) is 3.15. The van der Waals surface area contributed by atoms with E-state index < -0.39 is 45.9 Å². The first kappa shape index (κ1) is 25.9. The Morgan fingerprint density at radius 2 is 1.82 bits per heavy atom. The highest BCUT2D eigenvalue weighted by atomic mass is 32.2. The third-order valence-corrected chi connectivity index (χ3v) is 8.40. The van der Waals surface area contributed by atoms with Crippen molar-refractivity contribution in [1.29, 1.82) is 0 Å². The number of hydrogen-bond donors (Lipinski definition) is 1. The van der Waals surface area contributed by atoms with Gasteiger partial charge in [-0.05, 0) is 35.4 Å². The molecule has 198 valence electrons. The summed E-state index contributed by atoms with van der Waals surface area (Å²) in [5.74, 6) is -3.58. The van der Waals surface area contributed by atoms with Crippen molar-refractivity contribution in [3.05, 3.63) is 64.8 Å². The van der Waals surface area contributed by atoms with E-state index in [9.17, 15) is 26.8 Å². The van der Waals surface area contributed by atoms with Crippen molar-refractivity contribution >= 4 is 43.2 Å². The van der Waals surface area contributed by atoms with Gasteiger partial charge in [0.05, 0.1) is 29.9 Å². The summed E-state index contributed by atoms with van der Waals surface area (Å²) in [7, 11) is -3.86. The van der Waals surface area contributed by atoms with E-state index in [1.807, 2.05) is 6.07 Å². The Morgan fingerprint density at radius 3 is 2.42 bits per heavy atom. The number of carbonyl (C=O) groups is 2. The molecule has 0 aliphatic carbocycles. The number of aromatic nitrogens is 3. The van der Waals surface area contributed by atoms with Crippen molar-refractivity contribution in [3.8, 4) is 11.1 Å². The van der Waals surface area contributed by atoms with E-state index in [2.05, 4.69) is 20.5 Å². The Balaban J connectivity index is 1.36. The van der Waals surface area contributed by atoms with Crippen LogP contribution in [0.5, 0.6) is 0 Å². The van der Waals surface area contributed by atoms with Crippen molar-refractivity contribution < 1.29 is 31.2 Å². The van der Waals surface area contributed by atoms with Crippen molar-refractivity contribution in [2.75, 3.05) is 19.3 Å². The number of nitrogens with zero attached hydrogens (tertiary/aromatic N) is 4. The molecule has 0 bridgehead atoms. The van der Waals surface area contributed by atoms with Crippen molar-refractivity contribution in [1.82, 2.24) is 25.4 Å². The summed E-state index contributed by atoms with van der Waals surface area (Å²) in [6.45, 7) is 0.305. The lowest BCUT2D eigenvalue weighted by Gasteiger charge is -2.38. The lowest BCUT2D eigenvalue weighted by atomic mass is 10.0. The molecule has 0 radical (unpaired) electrons. The molecule has 38 heavy (non-hydrogen) atoms. The molecule has 10 nitrogen and oxygen atoms in total. The normalized spacial score (nSPS) is 15.7. The van der Waals surface area contributed by atoms with Gasteiger partial charge in [-0.3, -0.25) is 9.59 Å². The number of aryl methyl sites for hydroxylation is 1. The number of amides is 2. The molecular weight excluding hydrogens is 540 g/mol. The maximum Gasteiger partial charge on any atom is 0.282 e. The molecule has 0 saturated carbocycles. The van der Waals surface area contributed by atoms with E-state index in [0.717, 1.165) is 33.6 Å². The van der Waals surface area contributed by atoms with Crippen LogP contribution >= 0.6 is 11.3 Å². The summed E-state index contributed by atoms with van der Waals surface area (Å²) in [4.78, 5) is 30.7. The van der Waals surface area contributed by atoms with E-state index in [1.54, 1.807) is 43.3 Å². The number of nitrogens with one attached hydrogen (secondary N) is 1. The second-order valence-corrected chi connectivity index (χ2v) is 12.2. The molecule has 1 N–H and O–H groups in total. The van der Waals surface area contributed by atoms with Crippen molar-refractivity contribution in [3.63, 3.8) is 0 Å². The van der Waals surface area contributed by atoms with Gasteiger partial charge in [0.15, 0.2) is 15.1 Å². The first-order valence-corrected chi connectivity index (χ1v) is 14.1. The average Bonchev–Trinajstić information content (AvgIpc) is 3.45. The van der Waals surface area contributed by atoms with Crippen LogP contribution < -0.4 is 5.32 Å². The third kappa shape index (κ3) is 5.27. The molecule has 1 fully saturated rings. The molecule has 1 unspecified atom stereocenters. The van der Waals surface area contributed by atoms with Gasteiger partial charge in [-0.15, -0.1) is 21.5 Å². The lowest BCUT2D eigenvalue weighted by Crippen LogP contribution is -2.58. The molecule has 2 amide bonds. The maximum atomic E-state index is 13.1. The molecule has 1 aliphatic heterocycles. The fraction of sp³-hybridized carbons (Fsp3) is 0.292. The standard InChI is InChI=1S/C24H21F2N5O5S2/c1-13-29-30-19(36-13)10-27-21(32)20(38(2,34)35)22-28-17-8-7-16(9-18(17)37-22)14-3-5-15(6-4-14)23(33)31-11-24(25,26)12-31/h3-9,20H,10-12H2,1-2H3,(H,27,32). The fourth-order valence-corrected chi connectivity index (χ4v) is 6.58. The molecule has 4 aromatic rings. The van der Waals surface area contributed by atoms with Gasteiger partial charge < -0.3 is 14.6 Å². The second kappa shape index (κ2) is 9.51. The Kier molecular flexibility index (Phi) is 6.47. The minimum atomic E-state index is -3.86. The monoisotopic (exact) mass is 561 g/mol. The van der Waals surface area contributed by atoms with Crippen LogP contribution in [0, 0.1) is 6.92 Å². The molecule has 1 saturated heterocycles. The van der Waals surface area contributed by atoms with E-state index in [0.29, 0.717) is 21.7 Å². The van der Waals surface area contributed by atoms with E-state index in [4.69, 9.17) is 4.42 Å². The predicted molar refractivity (Wildman–Crippen MR) is 134 cm³/mol. The van der Waals surface area contributed by atoms with Crippen LogP contribution in [-0.2, 0) is 21.2 Å². The SMILES string of the molecule is Cc1nnc(CNC(=O)C(c2nc3ccc(-c4ccc(C(=O)N5CC(F)(F)C5)cc4)cc3s2)S(C)(=O)=O)o1. The van der Waals surface area contributed by atoms with E-state index in [1.165, 1.54) is 0 Å². The van der Waals surface area contributed by atoms with Gasteiger partial charge in [-0.1, -0.05) is 18.2 Å². The molecule has 1 atom stereocenters. The Bertz CT molecular complexity index is 1640. The second-order valence-electron chi connectivity index (χ2n) is 8.97. The smallest absolute Gasteiger partial charge is 0.282 e. The molecule has 3 heterocycles.